The molecule has 5 nitrogen and oxygen atoms in total. The molecule has 0 bridgehead atoms. The fourth-order valence-corrected chi connectivity index (χ4v) is 2.94. The Labute approximate surface area is 164 Å². The summed E-state index contributed by atoms with van der Waals surface area (Å²) < 4.78 is 1.67. The molecule has 0 aliphatic rings. The minimum Gasteiger partial charge on any atom is -0.349 e. The van der Waals surface area contributed by atoms with Gasteiger partial charge in [-0.15, -0.1) is 0 Å². The Hall–Kier alpha value is -2.63. The Morgan fingerprint density at radius 2 is 1.85 bits per heavy atom. The van der Waals surface area contributed by atoms with Crippen molar-refractivity contribution in [2.75, 3.05) is 27.2 Å². The van der Waals surface area contributed by atoms with E-state index in [1.165, 1.54) is 0 Å². The molecule has 3 aromatic rings. The number of nitrogens with one attached hydrogen (secondary N) is 1. The second-order valence-corrected chi connectivity index (χ2v) is 7.11. The zero-order chi connectivity index (χ0) is 19.4. The summed E-state index contributed by atoms with van der Waals surface area (Å²) in [6.07, 6.45) is 0. The van der Waals surface area contributed by atoms with Gasteiger partial charge in [-0.1, -0.05) is 47.5 Å². The smallest absolute Gasteiger partial charge is 0.270 e. The van der Waals surface area contributed by atoms with Crippen molar-refractivity contribution >= 4 is 17.5 Å². The Morgan fingerprint density at radius 3 is 2.52 bits per heavy atom. The number of halogens is 1. The molecule has 3 rings (SSSR count). The lowest BCUT2D eigenvalue weighted by Gasteiger charge is -2.11. The molecule has 0 unspecified atom stereocenters. The molecule has 1 aromatic heterocycles. The molecule has 1 heterocycles. The summed E-state index contributed by atoms with van der Waals surface area (Å²) in [4.78, 5) is 14.8. The van der Waals surface area contributed by atoms with Crippen LogP contribution in [0.5, 0.6) is 0 Å². The van der Waals surface area contributed by atoms with Crippen LogP contribution in [-0.2, 0) is 0 Å². The van der Waals surface area contributed by atoms with E-state index >= 15 is 0 Å². The zero-order valence-electron chi connectivity index (χ0n) is 15.7. The Kier molecular flexibility index (Phi) is 5.94. The predicted molar refractivity (Wildman–Crippen MR) is 110 cm³/mol. The largest absolute Gasteiger partial charge is 0.349 e. The number of likely N-dealkylation sites (N-methyl/N-ethyl adjacent to an activating group) is 1. The van der Waals surface area contributed by atoms with Crippen molar-refractivity contribution in [3.05, 3.63) is 70.9 Å². The highest BCUT2D eigenvalue weighted by Gasteiger charge is 2.18. The van der Waals surface area contributed by atoms with E-state index in [9.17, 15) is 4.79 Å². The van der Waals surface area contributed by atoms with Gasteiger partial charge in [0.1, 0.15) is 5.69 Å². The number of hydrogen-bond acceptors (Lipinski definition) is 3. The molecule has 0 radical (unpaired) electrons. The highest BCUT2D eigenvalue weighted by Crippen LogP contribution is 2.28. The first-order chi connectivity index (χ1) is 13.0. The van der Waals surface area contributed by atoms with Gasteiger partial charge >= 0.3 is 0 Å². The fraction of sp³-hybridized carbons (Fsp3) is 0.238. The molecule has 6 heteroatoms. The number of benzene rings is 2. The van der Waals surface area contributed by atoms with Crippen molar-refractivity contribution in [1.29, 1.82) is 0 Å². The van der Waals surface area contributed by atoms with E-state index in [1.807, 2.05) is 74.4 Å². The average molecular weight is 383 g/mol. The van der Waals surface area contributed by atoms with E-state index in [-0.39, 0.29) is 5.91 Å². The molecule has 0 fully saturated rings. The monoisotopic (exact) mass is 382 g/mol. The van der Waals surface area contributed by atoms with Crippen LogP contribution in [0, 0.1) is 6.92 Å². The molecular formula is C21H23ClN4O. The molecule has 2 aromatic carbocycles. The first-order valence-corrected chi connectivity index (χ1v) is 9.18. The third-order valence-electron chi connectivity index (χ3n) is 4.21. The van der Waals surface area contributed by atoms with E-state index < -0.39 is 0 Å². The van der Waals surface area contributed by atoms with Crippen LogP contribution in [0.2, 0.25) is 5.02 Å². The van der Waals surface area contributed by atoms with E-state index in [4.69, 9.17) is 11.6 Å². The van der Waals surface area contributed by atoms with Crippen LogP contribution in [0.1, 0.15) is 16.1 Å². The van der Waals surface area contributed by atoms with Crippen molar-refractivity contribution in [2.45, 2.75) is 6.92 Å². The van der Waals surface area contributed by atoms with Gasteiger partial charge in [0.2, 0.25) is 0 Å². The number of amides is 1. The molecule has 0 aliphatic heterocycles. The number of carbonyl (C=O) groups excluding carboxylic acids is 1. The number of nitrogens with zero attached hydrogens (tertiary/aromatic N) is 3. The van der Waals surface area contributed by atoms with Crippen LogP contribution >= 0.6 is 11.6 Å². The van der Waals surface area contributed by atoms with Gasteiger partial charge in [-0.05, 0) is 45.3 Å². The quantitative estimate of drug-likeness (QED) is 0.705. The summed E-state index contributed by atoms with van der Waals surface area (Å²) in [5.41, 5.74) is 3.92. The molecule has 1 N–H and O–H groups in total. The first kappa shape index (κ1) is 19.1. The number of carbonyl (C=O) groups is 1. The molecule has 27 heavy (non-hydrogen) atoms. The third-order valence-corrected chi connectivity index (χ3v) is 4.54. The lowest BCUT2D eigenvalue weighted by molar-refractivity contribution is 0.0943. The third kappa shape index (κ3) is 4.56. The summed E-state index contributed by atoms with van der Waals surface area (Å²) in [5.74, 6) is -0.164. The van der Waals surface area contributed by atoms with Crippen LogP contribution in [0.4, 0.5) is 0 Å². The highest BCUT2D eigenvalue weighted by molar-refractivity contribution is 6.33. The van der Waals surface area contributed by atoms with Gasteiger partial charge in [0, 0.05) is 18.7 Å². The molecule has 0 saturated heterocycles. The van der Waals surface area contributed by atoms with Crippen molar-refractivity contribution in [2.24, 2.45) is 0 Å². The van der Waals surface area contributed by atoms with Crippen molar-refractivity contribution < 1.29 is 4.79 Å². The van der Waals surface area contributed by atoms with E-state index in [2.05, 4.69) is 10.4 Å². The number of aromatic nitrogens is 2. The standard InChI is InChI=1S/C21H23ClN4O/c1-15-8-10-16(11-9-15)26-20(21(27)23-12-13-25(2)3)14-19(24-26)17-6-4-5-7-18(17)22/h4-11,14H,12-13H2,1-3H3,(H,23,27). The maximum Gasteiger partial charge on any atom is 0.270 e. The molecular weight excluding hydrogens is 360 g/mol. The number of rotatable bonds is 6. The van der Waals surface area contributed by atoms with Crippen molar-refractivity contribution in [3.63, 3.8) is 0 Å². The zero-order valence-corrected chi connectivity index (χ0v) is 16.5. The summed E-state index contributed by atoms with van der Waals surface area (Å²) in [6.45, 7) is 3.35. The molecule has 0 spiro atoms. The molecule has 1 amide bonds. The Morgan fingerprint density at radius 1 is 1.15 bits per heavy atom. The van der Waals surface area contributed by atoms with Crippen LogP contribution in [0.3, 0.4) is 0 Å². The van der Waals surface area contributed by atoms with Gasteiger partial charge in [-0.2, -0.15) is 5.10 Å². The van der Waals surface area contributed by atoms with Crippen molar-refractivity contribution in [3.8, 4) is 16.9 Å². The number of aryl methyl sites for hydroxylation is 1. The van der Waals surface area contributed by atoms with Gasteiger partial charge in [-0.3, -0.25) is 4.79 Å². The van der Waals surface area contributed by atoms with Crippen LogP contribution in [-0.4, -0.2) is 47.8 Å². The fourth-order valence-electron chi connectivity index (χ4n) is 2.71. The maximum absolute atomic E-state index is 12.8. The molecule has 140 valence electrons. The minimum atomic E-state index is -0.164. The summed E-state index contributed by atoms with van der Waals surface area (Å²) in [7, 11) is 3.94. The lowest BCUT2D eigenvalue weighted by Crippen LogP contribution is -2.32. The summed E-state index contributed by atoms with van der Waals surface area (Å²) in [5, 5.41) is 8.23. The maximum atomic E-state index is 12.8. The Balaban J connectivity index is 2.00. The first-order valence-electron chi connectivity index (χ1n) is 8.80. The van der Waals surface area contributed by atoms with Gasteiger partial charge in [0.25, 0.3) is 5.91 Å². The second kappa shape index (κ2) is 8.37. The Bertz CT molecular complexity index is 932. The molecule has 0 aliphatic carbocycles. The van der Waals surface area contributed by atoms with Gasteiger partial charge in [0.05, 0.1) is 16.4 Å². The van der Waals surface area contributed by atoms with Crippen LogP contribution in [0.25, 0.3) is 16.9 Å². The molecule has 0 saturated carbocycles. The van der Waals surface area contributed by atoms with E-state index in [0.29, 0.717) is 23.0 Å². The van der Waals surface area contributed by atoms with Crippen LogP contribution < -0.4 is 5.32 Å². The number of hydrogen-bond donors (Lipinski definition) is 1. The lowest BCUT2D eigenvalue weighted by atomic mass is 10.1. The molecule has 0 atom stereocenters. The summed E-state index contributed by atoms with van der Waals surface area (Å²) in [6, 6.07) is 17.2. The highest BCUT2D eigenvalue weighted by atomic mass is 35.5. The minimum absolute atomic E-state index is 0.164. The average Bonchev–Trinajstić information content (AvgIpc) is 3.07. The van der Waals surface area contributed by atoms with Crippen molar-refractivity contribution in [1.82, 2.24) is 20.0 Å². The normalized spacial score (nSPS) is 11.0. The summed E-state index contributed by atoms with van der Waals surface area (Å²) >= 11 is 6.33. The van der Waals surface area contributed by atoms with Gasteiger partial charge in [0.15, 0.2) is 0 Å². The van der Waals surface area contributed by atoms with E-state index in [1.54, 1.807) is 10.7 Å². The van der Waals surface area contributed by atoms with Gasteiger partial charge < -0.3 is 10.2 Å². The predicted octanol–water partition coefficient (Wildman–Crippen LogP) is 3.79. The second-order valence-electron chi connectivity index (χ2n) is 6.70. The topological polar surface area (TPSA) is 50.2 Å². The SMILES string of the molecule is Cc1ccc(-n2nc(-c3ccccc3Cl)cc2C(=O)NCCN(C)C)cc1. The van der Waals surface area contributed by atoms with Crippen LogP contribution in [0.15, 0.2) is 54.6 Å². The van der Waals surface area contributed by atoms with Gasteiger partial charge in [-0.25, -0.2) is 4.68 Å². The van der Waals surface area contributed by atoms with E-state index in [0.717, 1.165) is 23.4 Å².